The van der Waals surface area contributed by atoms with Gasteiger partial charge in [-0.1, -0.05) is 23.5 Å². The SMILES string of the molecule is COc1cc(/C=C/C(=O)OC2CN(c3nc4ccccc4s3)C2)cc(OC)c1OC. The largest absolute Gasteiger partial charge is 0.493 e. The number of carbonyl (C=O) groups excluding carboxylic acids is 1. The Labute approximate surface area is 178 Å². The molecule has 30 heavy (non-hydrogen) atoms. The Bertz CT molecular complexity index is 1030. The number of nitrogens with zero attached hydrogens (tertiary/aromatic N) is 2. The Balaban J connectivity index is 1.35. The molecule has 0 N–H and O–H groups in total. The molecule has 2 aromatic carbocycles. The summed E-state index contributed by atoms with van der Waals surface area (Å²) in [5, 5.41) is 0.955. The number of hydrogen-bond donors (Lipinski definition) is 0. The van der Waals surface area contributed by atoms with Gasteiger partial charge in [-0.05, 0) is 35.9 Å². The smallest absolute Gasteiger partial charge is 0.331 e. The van der Waals surface area contributed by atoms with Crippen molar-refractivity contribution in [1.29, 1.82) is 0 Å². The van der Waals surface area contributed by atoms with Gasteiger partial charge in [0.05, 0.1) is 44.6 Å². The highest BCUT2D eigenvalue weighted by atomic mass is 32.1. The minimum atomic E-state index is -0.391. The molecule has 4 rings (SSSR count). The molecule has 7 nitrogen and oxygen atoms in total. The van der Waals surface area contributed by atoms with Crippen molar-refractivity contribution >= 4 is 38.7 Å². The zero-order valence-electron chi connectivity index (χ0n) is 17.0. The molecular weight excluding hydrogens is 404 g/mol. The molecule has 0 unspecified atom stereocenters. The van der Waals surface area contributed by atoms with E-state index in [0.29, 0.717) is 30.3 Å². The van der Waals surface area contributed by atoms with Crippen molar-refractivity contribution in [3.63, 3.8) is 0 Å². The normalized spacial score (nSPS) is 14.0. The summed E-state index contributed by atoms with van der Waals surface area (Å²) in [6, 6.07) is 11.6. The fourth-order valence-corrected chi connectivity index (χ4v) is 4.21. The summed E-state index contributed by atoms with van der Waals surface area (Å²) in [7, 11) is 4.64. The first-order chi connectivity index (χ1) is 14.6. The number of methoxy groups -OCH3 is 3. The number of ether oxygens (including phenoxy) is 4. The number of anilines is 1. The zero-order chi connectivity index (χ0) is 21.1. The van der Waals surface area contributed by atoms with Crippen LogP contribution in [0.25, 0.3) is 16.3 Å². The van der Waals surface area contributed by atoms with Crippen molar-refractivity contribution in [1.82, 2.24) is 4.98 Å². The van der Waals surface area contributed by atoms with Crippen molar-refractivity contribution < 1.29 is 23.7 Å². The Morgan fingerprint density at radius 3 is 2.43 bits per heavy atom. The van der Waals surface area contributed by atoms with Gasteiger partial charge in [0.2, 0.25) is 5.75 Å². The number of fused-ring (bicyclic) bond motifs is 1. The molecule has 3 aromatic rings. The van der Waals surface area contributed by atoms with Crippen LogP contribution in [0.5, 0.6) is 17.2 Å². The number of benzene rings is 2. The number of rotatable bonds is 7. The van der Waals surface area contributed by atoms with Crippen LogP contribution in [0.4, 0.5) is 5.13 Å². The topological polar surface area (TPSA) is 70.1 Å². The first kappa shape index (κ1) is 20.0. The van der Waals surface area contributed by atoms with E-state index in [2.05, 4.69) is 16.0 Å². The second kappa shape index (κ2) is 8.62. The summed E-state index contributed by atoms with van der Waals surface area (Å²) in [5.41, 5.74) is 1.73. The highest BCUT2D eigenvalue weighted by Crippen LogP contribution is 2.38. The van der Waals surface area contributed by atoms with Crippen LogP contribution < -0.4 is 19.1 Å². The maximum absolute atomic E-state index is 12.2. The lowest BCUT2D eigenvalue weighted by Gasteiger charge is -2.37. The van der Waals surface area contributed by atoms with Crippen LogP contribution in [0.2, 0.25) is 0 Å². The fourth-order valence-electron chi connectivity index (χ4n) is 3.23. The van der Waals surface area contributed by atoms with Gasteiger partial charge in [-0.15, -0.1) is 0 Å². The standard InChI is InChI=1S/C22H22N2O5S/c1-26-17-10-14(11-18(27-2)21(17)28-3)8-9-20(25)29-15-12-24(13-15)22-23-16-6-4-5-7-19(16)30-22/h4-11,15H,12-13H2,1-3H3/b9-8+. The molecule has 0 radical (unpaired) electrons. The van der Waals surface area contributed by atoms with Crippen LogP contribution in [-0.2, 0) is 9.53 Å². The molecule has 0 saturated carbocycles. The quantitative estimate of drug-likeness (QED) is 0.421. The van der Waals surface area contributed by atoms with E-state index >= 15 is 0 Å². The Morgan fingerprint density at radius 1 is 1.10 bits per heavy atom. The molecule has 0 atom stereocenters. The predicted octanol–water partition coefficient (Wildman–Crippen LogP) is 3.77. The van der Waals surface area contributed by atoms with E-state index in [0.717, 1.165) is 20.9 Å². The monoisotopic (exact) mass is 426 g/mol. The number of aromatic nitrogens is 1. The summed E-state index contributed by atoms with van der Waals surface area (Å²) >= 11 is 1.65. The predicted molar refractivity (Wildman–Crippen MR) is 117 cm³/mol. The van der Waals surface area contributed by atoms with E-state index in [9.17, 15) is 4.79 Å². The summed E-state index contributed by atoms with van der Waals surface area (Å²) in [6.45, 7) is 1.28. The molecule has 8 heteroatoms. The molecule has 1 fully saturated rings. The third-order valence-electron chi connectivity index (χ3n) is 4.78. The Hall–Kier alpha value is -3.26. The van der Waals surface area contributed by atoms with Gasteiger partial charge in [-0.25, -0.2) is 9.78 Å². The van der Waals surface area contributed by atoms with E-state index in [4.69, 9.17) is 18.9 Å². The van der Waals surface area contributed by atoms with Crippen LogP contribution >= 0.6 is 11.3 Å². The summed E-state index contributed by atoms with van der Waals surface area (Å²) in [6.07, 6.45) is 2.92. The molecule has 1 saturated heterocycles. The van der Waals surface area contributed by atoms with Crippen molar-refractivity contribution in [3.8, 4) is 17.2 Å². The van der Waals surface area contributed by atoms with E-state index in [1.54, 1.807) is 50.9 Å². The first-order valence-electron chi connectivity index (χ1n) is 9.40. The van der Waals surface area contributed by atoms with Crippen LogP contribution in [0, 0.1) is 0 Å². The molecule has 0 bridgehead atoms. The molecule has 2 heterocycles. The number of para-hydroxylation sites is 1. The average Bonchev–Trinajstić information content (AvgIpc) is 3.17. The maximum Gasteiger partial charge on any atom is 0.331 e. The van der Waals surface area contributed by atoms with Gasteiger partial charge < -0.3 is 23.8 Å². The van der Waals surface area contributed by atoms with E-state index in [-0.39, 0.29) is 6.10 Å². The van der Waals surface area contributed by atoms with Crippen LogP contribution in [0.15, 0.2) is 42.5 Å². The van der Waals surface area contributed by atoms with Gasteiger partial charge in [0.15, 0.2) is 16.6 Å². The zero-order valence-corrected chi connectivity index (χ0v) is 17.8. The molecular formula is C22H22N2O5S. The molecule has 0 amide bonds. The number of thiazole rings is 1. The summed E-state index contributed by atoms with van der Waals surface area (Å²) < 4.78 is 22.6. The summed E-state index contributed by atoms with van der Waals surface area (Å²) in [4.78, 5) is 19.0. The third kappa shape index (κ3) is 4.04. The maximum atomic E-state index is 12.2. The van der Waals surface area contributed by atoms with Gasteiger partial charge >= 0.3 is 5.97 Å². The highest BCUT2D eigenvalue weighted by Gasteiger charge is 2.31. The van der Waals surface area contributed by atoms with Crippen molar-refractivity contribution in [3.05, 3.63) is 48.0 Å². The second-order valence-electron chi connectivity index (χ2n) is 6.72. The lowest BCUT2D eigenvalue weighted by Crippen LogP contribution is -2.52. The minimum absolute atomic E-state index is 0.144. The molecule has 0 aliphatic carbocycles. The second-order valence-corrected chi connectivity index (χ2v) is 7.73. The summed E-state index contributed by atoms with van der Waals surface area (Å²) in [5.74, 6) is 1.16. The molecule has 1 aliphatic rings. The van der Waals surface area contributed by atoms with Gasteiger partial charge in [-0.3, -0.25) is 0 Å². The average molecular weight is 426 g/mol. The number of esters is 1. The van der Waals surface area contributed by atoms with Crippen LogP contribution in [0.1, 0.15) is 5.56 Å². The third-order valence-corrected chi connectivity index (χ3v) is 5.88. The lowest BCUT2D eigenvalue weighted by molar-refractivity contribution is -0.143. The van der Waals surface area contributed by atoms with Gasteiger partial charge in [0.1, 0.15) is 6.10 Å². The number of carbonyl (C=O) groups is 1. The van der Waals surface area contributed by atoms with E-state index in [1.807, 2.05) is 18.2 Å². The van der Waals surface area contributed by atoms with Gasteiger partial charge in [-0.2, -0.15) is 0 Å². The van der Waals surface area contributed by atoms with E-state index in [1.165, 1.54) is 6.08 Å². The van der Waals surface area contributed by atoms with Crippen molar-refractivity contribution in [2.75, 3.05) is 39.3 Å². The molecule has 1 aromatic heterocycles. The van der Waals surface area contributed by atoms with Crippen molar-refractivity contribution in [2.24, 2.45) is 0 Å². The van der Waals surface area contributed by atoms with Crippen molar-refractivity contribution in [2.45, 2.75) is 6.10 Å². The highest BCUT2D eigenvalue weighted by molar-refractivity contribution is 7.22. The fraction of sp³-hybridized carbons (Fsp3) is 0.273. The number of hydrogen-bond acceptors (Lipinski definition) is 8. The minimum Gasteiger partial charge on any atom is -0.493 e. The van der Waals surface area contributed by atoms with Crippen LogP contribution in [0.3, 0.4) is 0 Å². The van der Waals surface area contributed by atoms with Crippen LogP contribution in [-0.4, -0.2) is 51.5 Å². The molecule has 156 valence electrons. The van der Waals surface area contributed by atoms with Gasteiger partial charge in [0.25, 0.3) is 0 Å². The lowest BCUT2D eigenvalue weighted by atomic mass is 10.1. The molecule has 0 spiro atoms. The Morgan fingerprint density at radius 2 is 1.80 bits per heavy atom. The Kier molecular flexibility index (Phi) is 5.76. The first-order valence-corrected chi connectivity index (χ1v) is 10.2. The van der Waals surface area contributed by atoms with Gasteiger partial charge in [0, 0.05) is 6.08 Å². The van der Waals surface area contributed by atoms with E-state index < -0.39 is 5.97 Å². The molecule has 1 aliphatic heterocycles.